The Morgan fingerprint density at radius 1 is 1.73 bits per heavy atom. The predicted octanol–water partition coefficient (Wildman–Crippen LogP) is -0.869. The van der Waals surface area contributed by atoms with Crippen LogP contribution in [-0.4, -0.2) is 23.1 Å². The van der Waals surface area contributed by atoms with Crippen molar-refractivity contribution in [1.82, 2.24) is 5.32 Å². The first kappa shape index (κ1) is 9.30. The molecule has 0 aromatic rings. The Bertz CT molecular complexity index is 206. The second-order valence-electron chi connectivity index (χ2n) is 1.81. The van der Waals surface area contributed by atoms with Crippen molar-refractivity contribution >= 4 is 12.0 Å². The lowest BCUT2D eigenvalue weighted by molar-refractivity contribution is -0.119. The maximum Gasteiger partial charge on any atom is 0.405 e. The summed E-state index contributed by atoms with van der Waals surface area (Å²) in [5, 5.41) is 10.1. The zero-order valence-electron chi connectivity index (χ0n) is 5.70. The van der Waals surface area contributed by atoms with Crippen LogP contribution in [0.4, 0.5) is 4.79 Å². The van der Waals surface area contributed by atoms with Gasteiger partial charge in [0.25, 0.3) is 0 Å². The molecule has 0 rings (SSSR count). The van der Waals surface area contributed by atoms with Gasteiger partial charge in [0.1, 0.15) is 6.04 Å². The summed E-state index contributed by atoms with van der Waals surface area (Å²) >= 11 is 0. The summed E-state index contributed by atoms with van der Waals surface area (Å²) in [7, 11) is 0. The van der Waals surface area contributed by atoms with Gasteiger partial charge in [0.15, 0.2) is 0 Å². The molecule has 0 heterocycles. The quantitative estimate of drug-likeness (QED) is 0.464. The third kappa shape index (κ3) is 3.81. The number of carbonyl (C=O) groups excluding carboxylic acids is 1. The lowest BCUT2D eigenvalue weighted by atomic mass is 10.2. The maximum atomic E-state index is 10.4. The molecule has 0 saturated heterocycles. The fourth-order valence-electron chi connectivity index (χ4n) is 0.490. The highest BCUT2D eigenvalue weighted by atomic mass is 16.4. The van der Waals surface area contributed by atoms with Crippen LogP contribution in [0.1, 0.15) is 6.42 Å². The van der Waals surface area contributed by atoms with E-state index in [-0.39, 0.29) is 6.42 Å². The summed E-state index contributed by atoms with van der Waals surface area (Å²) in [6.07, 6.45) is 3.51. The average molecular weight is 156 g/mol. The Balaban J connectivity index is 4.02. The lowest BCUT2D eigenvalue weighted by Crippen LogP contribution is -2.43. The van der Waals surface area contributed by atoms with Crippen molar-refractivity contribution in [2.45, 2.75) is 12.5 Å². The molecule has 0 aromatic carbocycles. The Morgan fingerprint density at radius 2 is 2.27 bits per heavy atom. The van der Waals surface area contributed by atoms with Gasteiger partial charge in [-0.2, -0.15) is 0 Å². The van der Waals surface area contributed by atoms with Gasteiger partial charge in [0, 0.05) is 6.42 Å². The van der Waals surface area contributed by atoms with Crippen LogP contribution in [0.2, 0.25) is 0 Å². The molecule has 60 valence electrons. The first-order valence-electron chi connectivity index (χ1n) is 2.80. The van der Waals surface area contributed by atoms with E-state index < -0.39 is 18.0 Å². The van der Waals surface area contributed by atoms with Crippen molar-refractivity contribution in [2.24, 2.45) is 5.73 Å². The van der Waals surface area contributed by atoms with E-state index in [9.17, 15) is 9.59 Å². The summed E-state index contributed by atoms with van der Waals surface area (Å²) in [5.74, 6) is 1.36. The van der Waals surface area contributed by atoms with Gasteiger partial charge >= 0.3 is 6.09 Å². The van der Waals surface area contributed by atoms with Gasteiger partial charge in [-0.25, -0.2) is 4.79 Å². The van der Waals surface area contributed by atoms with E-state index in [0.717, 1.165) is 0 Å². The van der Waals surface area contributed by atoms with Gasteiger partial charge in [0.2, 0.25) is 5.91 Å². The molecule has 11 heavy (non-hydrogen) atoms. The van der Waals surface area contributed by atoms with E-state index in [0.29, 0.717) is 0 Å². The first-order valence-corrected chi connectivity index (χ1v) is 2.80. The van der Waals surface area contributed by atoms with Crippen molar-refractivity contribution in [3.05, 3.63) is 0 Å². The monoisotopic (exact) mass is 156 g/mol. The van der Waals surface area contributed by atoms with Crippen LogP contribution in [0.15, 0.2) is 0 Å². The van der Waals surface area contributed by atoms with Gasteiger partial charge in [0.05, 0.1) is 0 Å². The van der Waals surface area contributed by atoms with Crippen LogP contribution in [0.3, 0.4) is 0 Å². The molecule has 5 heteroatoms. The van der Waals surface area contributed by atoms with Crippen LogP contribution in [0, 0.1) is 12.3 Å². The zero-order chi connectivity index (χ0) is 8.85. The van der Waals surface area contributed by atoms with E-state index in [1.165, 1.54) is 0 Å². The number of rotatable bonds is 3. The Hall–Kier alpha value is -1.70. The highest BCUT2D eigenvalue weighted by molar-refractivity contribution is 5.83. The molecule has 0 bridgehead atoms. The smallest absolute Gasteiger partial charge is 0.405 e. The third-order valence-electron chi connectivity index (χ3n) is 0.963. The molecule has 0 aromatic heterocycles. The second-order valence-corrected chi connectivity index (χ2v) is 1.81. The Morgan fingerprint density at radius 3 is 2.55 bits per heavy atom. The van der Waals surface area contributed by atoms with Crippen LogP contribution in [0.25, 0.3) is 0 Å². The average Bonchev–Trinajstić information content (AvgIpc) is 1.86. The minimum atomic E-state index is -1.32. The zero-order valence-corrected chi connectivity index (χ0v) is 5.70. The van der Waals surface area contributed by atoms with Crippen LogP contribution >= 0.6 is 0 Å². The highest BCUT2D eigenvalue weighted by Crippen LogP contribution is 1.87. The fourth-order valence-corrected chi connectivity index (χ4v) is 0.490. The lowest BCUT2D eigenvalue weighted by Gasteiger charge is -2.08. The molecule has 4 N–H and O–H groups in total. The molecule has 1 atom stereocenters. The van der Waals surface area contributed by atoms with Crippen molar-refractivity contribution in [2.75, 3.05) is 0 Å². The summed E-state index contributed by atoms with van der Waals surface area (Å²) in [6.45, 7) is 0. The van der Waals surface area contributed by atoms with Gasteiger partial charge in [-0.3, -0.25) is 4.79 Å². The topological polar surface area (TPSA) is 92.4 Å². The first-order chi connectivity index (χ1) is 5.07. The van der Waals surface area contributed by atoms with E-state index in [4.69, 9.17) is 17.3 Å². The molecular formula is C6H8N2O3. The number of carbonyl (C=O) groups is 2. The SMILES string of the molecule is C#CC[C@H](NC(=O)O)C(N)=O. The van der Waals surface area contributed by atoms with Gasteiger partial charge in [-0.1, -0.05) is 0 Å². The minimum absolute atomic E-state index is 0.0262. The van der Waals surface area contributed by atoms with Crippen molar-refractivity contribution in [1.29, 1.82) is 0 Å². The molecule has 0 spiro atoms. The molecule has 0 radical (unpaired) electrons. The number of nitrogens with two attached hydrogens (primary N) is 1. The standard InChI is InChI=1S/C6H8N2O3/c1-2-3-4(5(7)9)8-6(10)11/h1,4,8H,3H2,(H2,7,9)(H,10,11)/t4-/m0/s1. The number of terminal acetylenes is 1. The van der Waals surface area contributed by atoms with Crippen LogP contribution in [0.5, 0.6) is 0 Å². The number of amides is 2. The minimum Gasteiger partial charge on any atom is -0.465 e. The van der Waals surface area contributed by atoms with Crippen LogP contribution in [-0.2, 0) is 4.79 Å². The summed E-state index contributed by atoms with van der Waals surface area (Å²) in [6, 6.07) is -0.988. The van der Waals surface area contributed by atoms with E-state index >= 15 is 0 Å². The summed E-state index contributed by atoms with van der Waals surface area (Å²) < 4.78 is 0. The molecule has 0 saturated carbocycles. The predicted molar refractivity (Wildman–Crippen MR) is 37.6 cm³/mol. The number of nitrogens with one attached hydrogen (secondary N) is 1. The van der Waals surface area contributed by atoms with Gasteiger partial charge in [-0.15, -0.1) is 12.3 Å². The van der Waals surface area contributed by atoms with Gasteiger partial charge in [-0.05, 0) is 0 Å². The molecule has 0 aliphatic rings. The molecule has 0 fully saturated rings. The molecular weight excluding hydrogens is 148 g/mol. The number of primary amides is 1. The van der Waals surface area contributed by atoms with Crippen molar-refractivity contribution in [3.8, 4) is 12.3 Å². The third-order valence-corrected chi connectivity index (χ3v) is 0.963. The maximum absolute atomic E-state index is 10.4. The number of hydrogen-bond acceptors (Lipinski definition) is 2. The normalized spacial score (nSPS) is 11.2. The Kier molecular flexibility index (Phi) is 3.52. The molecule has 0 aliphatic carbocycles. The van der Waals surface area contributed by atoms with E-state index in [1.54, 1.807) is 0 Å². The summed E-state index contributed by atoms with van der Waals surface area (Å²) in [5.41, 5.74) is 4.81. The number of carboxylic acid groups (broad SMARTS) is 1. The van der Waals surface area contributed by atoms with Crippen molar-refractivity contribution in [3.63, 3.8) is 0 Å². The molecule has 0 aliphatic heterocycles. The molecule has 5 nitrogen and oxygen atoms in total. The van der Waals surface area contributed by atoms with Crippen molar-refractivity contribution < 1.29 is 14.7 Å². The number of hydrogen-bond donors (Lipinski definition) is 3. The van der Waals surface area contributed by atoms with E-state index in [2.05, 4.69) is 5.92 Å². The van der Waals surface area contributed by atoms with Gasteiger partial charge < -0.3 is 16.2 Å². The second kappa shape index (κ2) is 4.17. The van der Waals surface area contributed by atoms with Crippen LogP contribution < -0.4 is 11.1 Å². The highest BCUT2D eigenvalue weighted by Gasteiger charge is 2.15. The molecule has 0 unspecified atom stereocenters. The largest absolute Gasteiger partial charge is 0.465 e. The van der Waals surface area contributed by atoms with E-state index in [1.807, 2.05) is 5.32 Å². The summed E-state index contributed by atoms with van der Waals surface area (Å²) in [4.78, 5) is 20.4. The fraction of sp³-hybridized carbons (Fsp3) is 0.333. The Labute approximate surface area is 63.6 Å². The molecule has 2 amide bonds.